The van der Waals surface area contributed by atoms with Crippen molar-refractivity contribution in [2.24, 2.45) is 4.99 Å². The van der Waals surface area contributed by atoms with Crippen LogP contribution in [0.2, 0.25) is 0 Å². The summed E-state index contributed by atoms with van der Waals surface area (Å²) in [5.74, 6) is 3.79. The largest absolute Gasteiger partial charge is 0.387 e. The minimum atomic E-state index is -0.624. The van der Waals surface area contributed by atoms with Gasteiger partial charge in [-0.25, -0.2) is 4.98 Å². The molecule has 0 aliphatic carbocycles. The third kappa shape index (κ3) is 4.33. The Balaban J connectivity index is 1.59. The molecule has 2 aliphatic heterocycles. The molecular weight excluding hydrogens is 322 g/mol. The highest BCUT2D eigenvalue weighted by molar-refractivity contribution is 7.99. The number of aliphatic imine (C=N–C) groups is 1. The van der Waals surface area contributed by atoms with Crippen LogP contribution >= 0.6 is 11.8 Å². The minimum Gasteiger partial charge on any atom is -0.387 e. The van der Waals surface area contributed by atoms with Crippen molar-refractivity contribution in [3.63, 3.8) is 0 Å². The van der Waals surface area contributed by atoms with Gasteiger partial charge in [-0.3, -0.25) is 4.99 Å². The molecule has 0 aromatic carbocycles. The van der Waals surface area contributed by atoms with Crippen LogP contribution in [0.3, 0.4) is 0 Å². The second-order valence-electron chi connectivity index (χ2n) is 6.36. The molecule has 132 valence electrons. The summed E-state index contributed by atoms with van der Waals surface area (Å²) in [5.41, 5.74) is -0.624. The topological polar surface area (TPSA) is 64.0 Å². The Labute approximate surface area is 148 Å². The first-order valence-corrected chi connectivity index (χ1v) is 9.85. The standard InChI is InChI=1S/C17H27N5OS/c1-2-18-16(20-13-17(23)6-12-24-14-17)22-10-8-21(9-11-22)15-5-3-4-7-19-15/h3-5,7,23H,2,6,8-14H2,1H3,(H,18,20). The van der Waals surface area contributed by atoms with Gasteiger partial charge in [-0.2, -0.15) is 11.8 Å². The molecule has 0 saturated carbocycles. The van der Waals surface area contributed by atoms with E-state index in [-0.39, 0.29) is 0 Å². The number of aromatic nitrogens is 1. The molecule has 0 radical (unpaired) electrons. The first-order valence-electron chi connectivity index (χ1n) is 8.69. The summed E-state index contributed by atoms with van der Waals surface area (Å²) in [4.78, 5) is 13.7. The van der Waals surface area contributed by atoms with Gasteiger partial charge in [-0.05, 0) is 31.2 Å². The molecule has 2 N–H and O–H groups in total. The number of rotatable bonds is 4. The number of hydrogen-bond donors (Lipinski definition) is 2. The smallest absolute Gasteiger partial charge is 0.194 e. The van der Waals surface area contributed by atoms with E-state index in [0.29, 0.717) is 6.54 Å². The van der Waals surface area contributed by atoms with Gasteiger partial charge in [-0.1, -0.05) is 6.07 Å². The number of anilines is 1. The molecule has 24 heavy (non-hydrogen) atoms. The number of aliphatic hydroxyl groups is 1. The van der Waals surface area contributed by atoms with E-state index in [1.807, 2.05) is 30.1 Å². The van der Waals surface area contributed by atoms with Crippen molar-refractivity contribution in [3.8, 4) is 0 Å². The average Bonchev–Trinajstić information content (AvgIpc) is 3.06. The summed E-state index contributed by atoms with van der Waals surface area (Å²) in [7, 11) is 0. The first-order chi connectivity index (χ1) is 11.7. The van der Waals surface area contributed by atoms with Crippen molar-refractivity contribution in [1.29, 1.82) is 0 Å². The van der Waals surface area contributed by atoms with Crippen molar-refractivity contribution in [2.75, 3.05) is 55.7 Å². The fourth-order valence-electron chi connectivity index (χ4n) is 3.06. The zero-order valence-corrected chi connectivity index (χ0v) is 15.1. The van der Waals surface area contributed by atoms with E-state index in [1.54, 1.807) is 0 Å². The summed E-state index contributed by atoms with van der Waals surface area (Å²) >= 11 is 1.81. The molecule has 0 spiro atoms. The molecule has 1 unspecified atom stereocenters. The van der Waals surface area contributed by atoms with Gasteiger partial charge in [0.1, 0.15) is 5.82 Å². The van der Waals surface area contributed by atoms with Gasteiger partial charge in [0.05, 0.1) is 12.1 Å². The van der Waals surface area contributed by atoms with Gasteiger partial charge < -0.3 is 20.2 Å². The van der Waals surface area contributed by atoms with Gasteiger partial charge >= 0.3 is 0 Å². The predicted octanol–water partition coefficient (Wildman–Crippen LogP) is 1.04. The van der Waals surface area contributed by atoms with Crippen LogP contribution in [0.1, 0.15) is 13.3 Å². The van der Waals surface area contributed by atoms with Crippen LogP contribution in [0.15, 0.2) is 29.4 Å². The zero-order valence-electron chi connectivity index (χ0n) is 14.3. The quantitative estimate of drug-likeness (QED) is 0.625. The molecule has 1 aromatic rings. The maximum atomic E-state index is 10.5. The highest BCUT2D eigenvalue weighted by atomic mass is 32.2. The summed E-state index contributed by atoms with van der Waals surface area (Å²) in [6.07, 6.45) is 2.68. The van der Waals surface area contributed by atoms with Gasteiger partial charge in [0, 0.05) is 44.7 Å². The van der Waals surface area contributed by atoms with Crippen LogP contribution in [0, 0.1) is 0 Å². The Morgan fingerprint density at radius 1 is 1.38 bits per heavy atom. The molecule has 0 amide bonds. The second kappa shape index (κ2) is 8.07. The van der Waals surface area contributed by atoms with Gasteiger partial charge in [-0.15, -0.1) is 0 Å². The predicted molar refractivity (Wildman–Crippen MR) is 101 cm³/mol. The Morgan fingerprint density at radius 3 is 2.83 bits per heavy atom. The third-order valence-corrected chi connectivity index (χ3v) is 5.73. The van der Waals surface area contributed by atoms with Crippen molar-refractivity contribution in [1.82, 2.24) is 15.2 Å². The lowest BCUT2D eigenvalue weighted by Gasteiger charge is -2.37. The number of pyridine rings is 1. The SMILES string of the molecule is CCNC(=NCC1(O)CCSC1)N1CCN(c2ccccn2)CC1. The highest BCUT2D eigenvalue weighted by Gasteiger charge is 2.32. The summed E-state index contributed by atoms with van der Waals surface area (Å²) in [6, 6.07) is 6.03. The number of piperazine rings is 1. The second-order valence-corrected chi connectivity index (χ2v) is 7.46. The first kappa shape index (κ1) is 17.4. The van der Waals surface area contributed by atoms with Crippen molar-refractivity contribution in [3.05, 3.63) is 24.4 Å². The summed E-state index contributed by atoms with van der Waals surface area (Å²) in [5, 5.41) is 13.9. The normalized spacial score (nSPS) is 25.2. The highest BCUT2D eigenvalue weighted by Crippen LogP contribution is 2.28. The monoisotopic (exact) mass is 349 g/mol. The molecule has 2 aliphatic rings. The van der Waals surface area contributed by atoms with Crippen LogP contribution in [0.4, 0.5) is 5.82 Å². The van der Waals surface area contributed by atoms with Crippen LogP contribution < -0.4 is 10.2 Å². The van der Waals surface area contributed by atoms with E-state index in [0.717, 1.165) is 62.4 Å². The molecule has 3 rings (SSSR count). The molecule has 2 fully saturated rings. The molecule has 7 heteroatoms. The van der Waals surface area contributed by atoms with Crippen LogP contribution in [-0.4, -0.2) is 77.3 Å². The number of nitrogens with zero attached hydrogens (tertiary/aromatic N) is 4. The molecular formula is C17H27N5OS. The fourth-order valence-corrected chi connectivity index (χ4v) is 4.34. The fraction of sp³-hybridized carbons (Fsp3) is 0.647. The lowest BCUT2D eigenvalue weighted by atomic mass is 10.0. The minimum absolute atomic E-state index is 0.489. The zero-order chi connectivity index (χ0) is 16.8. The Bertz CT molecular complexity index is 539. The van der Waals surface area contributed by atoms with Crippen LogP contribution in [0.25, 0.3) is 0 Å². The maximum Gasteiger partial charge on any atom is 0.194 e. The van der Waals surface area contributed by atoms with E-state index in [2.05, 4.69) is 33.1 Å². The van der Waals surface area contributed by atoms with Crippen molar-refractivity contribution in [2.45, 2.75) is 18.9 Å². The molecule has 2 saturated heterocycles. The molecule has 3 heterocycles. The van der Waals surface area contributed by atoms with Gasteiger partial charge in [0.2, 0.25) is 0 Å². The lowest BCUT2D eigenvalue weighted by molar-refractivity contribution is 0.0775. The van der Waals surface area contributed by atoms with Crippen LogP contribution in [-0.2, 0) is 0 Å². The summed E-state index contributed by atoms with van der Waals surface area (Å²) < 4.78 is 0. The summed E-state index contributed by atoms with van der Waals surface area (Å²) in [6.45, 7) is 7.10. The van der Waals surface area contributed by atoms with E-state index in [4.69, 9.17) is 4.99 Å². The number of hydrogen-bond acceptors (Lipinski definition) is 5. The molecule has 6 nitrogen and oxygen atoms in total. The Morgan fingerprint density at radius 2 is 2.21 bits per heavy atom. The molecule has 1 atom stereocenters. The van der Waals surface area contributed by atoms with Crippen LogP contribution in [0.5, 0.6) is 0 Å². The van der Waals surface area contributed by atoms with Crippen molar-refractivity contribution >= 4 is 23.5 Å². The Hall–Kier alpha value is -1.47. The molecule has 1 aromatic heterocycles. The number of nitrogens with one attached hydrogen (secondary N) is 1. The average molecular weight is 350 g/mol. The number of guanidine groups is 1. The maximum absolute atomic E-state index is 10.5. The van der Waals surface area contributed by atoms with E-state index < -0.39 is 5.60 Å². The lowest BCUT2D eigenvalue weighted by Crippen LogP contribution is -2.53. The van der Waals surface area contributed by atoms with E-state index in [9.17, 15) is 5.11 Å². The van der Waals surface area contributed by atoms with Crippen molar-refractivity contribution < 1.29 is 5.11 Å². The van der Waals surface area contributed by atoms with E-state index >= 15 is 0 Å². The Kier molecular flexibility index (Phi) is 5.84. The third-order valence-electron chi connectivity index (χ3n) is 4.49. The van der Waals surface area contributed by atoms with E-state index in [1.165, 1.54) is 0 Å². The van der Waals surface area contributed by atoms with Gasteiger partial charge in [0.25, 0.3) is 0 Å². The molecule has 0 bridgehead atoms. The number of thioether (sulfide) groups is 1. The van der Waals surface area contributed by atoms with Gasteiger partial charge in [0.15, 0.2) is 5.96 Å².